The zero-order chi connectivity index (χ0) is 14.9. The maximum atomic E-state index is 12.6. The number of morpholine rings is 1. The Bertz CT molecular complexity index is 542. The Hall–Kier alpha value is -1.46. The largest absolute Gasteiger partial charge is 0.389 e. The van der Waals surface area contributed by atoms with Crippen LogP contribution in [-0.4, -0.2) is 40.6 Å². The summed E-state index contributed by atoms with van der Waals surface area (Å²) in [6.07, 6.45) is 0.0291. The molecule has 1 amide bonds. The Balaban J connectivity index is 2.22. The number of rotatable bonds is 2. The summed E-state index contributed by atoms with van der Waals surface area (Å²) in [7, 11) is 0. The van der Waals surface area contributed by atoms with Gasteiger partial charge in [0.1, 0.15) is 4.99 Å². The van der Waals surface area contributed by atoms with E-state index in [0.717, 1.165) is 0 Å². The summed E-state index contributed by atoms with van der Waals surface area (Å²) >= 11 is 4.95. The summed E-state index contributed by atoms with van der Waals surface area (Å²) in [5, 5.41) is 0. The minimum absolute atomic E-state index is 0.00803. The molecule has 1 atom stereocenters. The number of thiocarbonyl (C=S) groups is 1. The second-order valence-electron chi connectivity index (χ2n) is 5.82. The molecular formula is C15H20N2O2S. The minimum atomic E-state index is -0.325. The number of nitrogens with two attached hydrogens (primary N) is 1. The molecule has 1 heterocycles. The molecule has 1 fully saturated rings. The molecular weight excluding hydrogens is 272 g/mol. The lowest BCUT2D eigenvalue weighted by Gasteiger charge is -2.41. The van der Waals surface area contributed by atoms with E-state index in [1.54, 1.807) is 18.2 Å². The highest BCUT2D eigenvalue weighted by Crippen LogP contribution is 2.22. The highest BCUT2D eigenvalue weighted by Gasteiger charge is 2.34. The number of benzene rings is 1. The van der Waals surface area contributed by atoms with Crippen molar-refractivity contribution in [2.75, 3.05) is 13.1 Å². The molecule has 0 spiro atoms. The van der Waals surface area contributed by atoms with Crippen molar-refractivity contribution in [1.29, 1.82) is 0 Å². The standard InChI is InChI=1S/C15H20N2O2S/c1-10-8-17(9-15(2,3)19-10)14(18)12-6-4-5-11(7-12)13(16)20/h4-7,10H,8-9H2,1-3H3,(H2,16,20). The zero-order valence-electron chi connectivity index (χ0n) is 12.1. The van der Waals surface area contributed by atoms with E-state index in [-0.39, 0.29) is 17.6 Å². The summed E-state index contributed by atoms with van der Waals surface area (Å²) in [6, 6.07) is 7.15. The Kier molecular flexibility index (Phi) is 4.11. The topological polar surface area (TPSA) is 55.6 Å². The molecule has 0 bridgehead atoms. The van der Waals surface area contributed by atoms with Crippen molar-refractivity contribution in [3.8, 4) is 0 Å². The van der Waals surface area contributed by atoms with Crippen LogP contribution in [0.3, 0.4) is 0 Å². The van der Waals surface area contributed by atoms with Gasteiger partial charge in [-0.15, -0.1) is 0 Å². The average Bonchev–Trinajstić information content (AvgIpc) is 2.35. The average molecular weight is 292 g/mol. The van der Waals surface area contributed by atoms with E-state index >= 15 is 0 Å². The first-order valence-corrected chi connectivity index (χ1v) is 7.06. The monoisotopic (exact) mass is 292 g/mol. The summed E-state index contributed by atoms with van der Waals surface area (Å²) in [5.41, 5.74) is 6.61. The summed E-state index contributed by atoms with van der Waals surface area (Å²) < 4.78 is 5.82. The van der Waals surface area contributed by atoms with Gasteiger partial charge in [0, 0.05) is 24.2 Å². The third kappa shape index (κ3) is 3.35. The maximum absolute atomic E-state index is 12.6. The number of nitrogens with zero attached hydrogens (tertiary/aromatic N) is 1. The molecule has 20 heavy (non-hydrogen) atoms. The van der Waals surface area contributed by atoms with Crippen LogP contribution in [0.4, 0.5) is 0 Å². The van der Waals surface area contributed by atoms with Crippen LogP contribution in [0, 0.1) is 0 Å². The molecule has 4 nitrogen and oxygen atoms in total. The fourth-order valence-corrected chi connectivity index (χ4v) is 2.72. The lowest BCUT2D eigenvalue weighted by molar-refractivity contribution is -0.118. The number of ether oxygens (including phenoxy) is 1. The van der Waals surface area contributed by atoms with Crippen LogP contribution in [0.5, 0.6) is 0 Å². The van der Waals surface area contributed by atoms with Crippen LogP contribution in [0.15, 0.2) is 24.3 Å². The fourth-order valence-electron chi connectivity index (χ4n) is 2.60. The van der Waals surface area contributed by atoms with Gasteiger partial charge in [0.2, 0.25) is 0 Å². The first kappa shape index (κ1) is 14.9. The summed E-state index contributed by atoms with van der Waals surface area (Å²) in [5.74, 6) is -0.00803. The molecule has 1 aliphatic heterocycles. The Morgan fingerprint density at radius 1 is 1.45 bits per heavy atom. The number of hydrogen-bond acceptors (Lipinski definition) is 3. The molecule has 108 valence electrons. The molecule has 1 aromatic carbocycles. The Morgan fingerprint density at radius 2 is 2.10 bits per heavy atom. The Morgan fingerprint density at radius 3 is 2.70 bits per heavy atom. The van der Waals surface area contributed by atoms with Gasteiger partial charge in [0.05, 0.1) is 11.7 Å². The predicted molar refractivity (Wildman–Crippen MR) is 82.9 cm³/mol. The molecule has 1 saturated heterocycles. The summed E-state index contributed by atoms with van der Waals surface area (Å²) in [4.78, 5) is 14.7. The molecule has 0 aromatic heterocycles. The van der Waals surface area contributed by atoms with E-state index in [2.05, 4.69) is 0 Å². The molecule has 5 heteroatoms. The molecule has 2 N–H and O–H groups in total. The predicted octanol–water partition coefficient (Wildman–Crippen LogP) is 1.96. The third-order valence-corrected chi connectivity index (χ3v) is 3.49. The van der Waals surface area contributed by atoms with E-state index < -0.39 is 0 Å². The Labute approximate surface area is 124 Å². The highest BCUT2D eigenvalue weighted by molar-refractivity contribution is 7.80. The van der Waals surface area contributed by atoms with Gasteiger partial charge in [-0.05, 0) is 32.9 Å². The number of amides is 1. The van der Waals surface area contributed by atoms with E-state index in [0.29, 0.717) is 29.2 Å². The number of carbonyl (C=O) groups excluding carboxylic acids is 1. The van der Waals surface area contributed by atoms with Crippen molar-refractivity contribution in [3.63, 3.8) is 0 Å². The molecule has 1 aromatic rings. The van der Waals surface area contributed by atoms with Gasteiger partial charge in [-0.1, -0.05) is 24.4 Å². The molecule has 0 saturated carbocycles. The fraction of sp³-hybridized carbons (Fsp3) is 0.467. The minimum Gasteiger partial charge on any atom is -0.389 e. The molecule has 1 aliphatic rings. The third-order valence-electron chi connectivity index (χ3n) is 3.25. The van der Waals surface area contributed by atoms with Gasteiger partial charge in [0.15, 0.2) is 0 Å². The van der Waals surface area contributed by atoms with Crippen LogP contribution < -0.4 is 5.73 Å². The van der Waals surface area contributed by atoms with Crippen molar-refractivity contribution in [3.05, 3.63) is 35.4 Å². The quantitative estimate of drug-likeness (QED) is 0.847. The molecule has 1 unspecified atom stereocenters. The van der Waals surface area contributed by atoms with Crippen molar-refractivity contribution < 1.29 is 9.53 Å². The number of carbonyl (C=O) groups is 1. The van der Waals surface area contributed by atoms with E-state index in [1.165, 1.54) is 0 Å². The van der Waals surface area contributed by atoms with Crippen LogP contribution in [0.25, 0.3) is 0 Å². The van der Waals surface area contributed by atoms with E-state index in [9.17, 15) is 4.79 Å². The SMILES string of the molecule is CC1CN(C(=O)c2cccc(C(N)=S)c2)CC(C)(C)O1. The van der Waals surface area contributed by atoms with Gasteiger partial charge < -0.3 is 15.4 Å². The van der Waals surface area contributed by atoms with Crippen LogP contribution in [-0.2, 0) is 4.74 Å². The van der Waals surface area contributed by atoms with E-state index in [1.807, 2.05) is 31.7 Å². The first-order chi connectivity index (χ1) is 9.28. The lowest BCUT2D eigenvalue weighted by Crippen LogP contribution is -2.53. The van der Waals surface area contributed by atoms with Crippen LogP contribution >= 0.6 is 12.2 Å². The smallest absolute Gasteiger partial charge is 0.254 e. The zero-order valence-corrected chi connectivity index (χ0v) is 12.9. The van der Waals surface area contributed by atoms with Crippen molar-refractivity contribution in [1.82, 2.24) is 4.90 Å². The molecule has 2 rings (SSSR count). The first-order valence-electron chi connectivity index (χ1n) is 6.65. The highest BCUT2D eigenvalue weighted by atomic mass is 32.1. The van der Waals surface area contributed by atoms with Crippen molar-refractivity contribution in [2.24, 2.45) is 5.73 Å². The second kappa shape index (κ2) is 5.50. The van der Waals surface area contributed by atoms with Crippen LogP contribution in [0.2, 0.25) is 0 Å². The van der Waals surface area contributed by atoms with E-state index in [4.69, 9.17) is 22.7 Å². The van der Waals surface area contributed by atoms with Gasteiger partial charge in [-0.2, -0.15) is 0 Å². The molecule has 0 radical (unpaired) electrons. The summed E-state index contributed by atoms with van der Waals surface area (Å²) in [6.45, 7) is 7.14. The molecule has 0 aliphatic carbocycles. The van der Waals surface area contributed by atoms with Crippen molar-refractivity contribution in [2.45, 2.75) is 32.5 Å². The van der Waals surface area contributed by atoms with Gasteiger partial charge in [-0.25, -0.2) is 0 Å². The number of hydrogen-bond donors (Lipinski definition) is 1. The van der Waals surface area contributed by atoms with Gasteiger partial charge in [-0.3, -0.25) is 4.79 Å². The lowest BCUT2D eigenvalue weighted by atomic mass is 10.0. The van der Waals surface area contributed by atoms with Crippen molar-refractivity contribution >= 4 is 23.1 Å². The normalized spacial score (nSPS) is 21.6. The maximum Gasteiger partial charge on any atom is 0.254 e. The van der Waals surface area contributed by atoms with Gasteiger partial charge >= 0.3 is 0 Å². The van der Waals surface area contributed by atoms with Crippen LogP contribution in [0.1, 0.15) is 36.7 Å². The van der Waals surface area contributed by atoms with Gasteiger partial charge in [0.25, 0.3) is 5.91 Å². The second-order valence-corrected chi connectivity index (χ2v) is 6.26.